The number of morpholine rings is 1. The molecule has 3 fully saturated rings. The zero-order chi connectivity index (χ0) is 25.1. The fraction of sp³-hybridized carbons (Fsp3) is 0.630. The second-order valence-corrected chi connectivity index (χ2v) is 10.3. The van der Waals surface area contributed by atoms with Crippen LogP contribution in [0.15, 0.2) is 29.4 Å². The van der Waals surface area contributed by atoms with Crippen LogP contribution in [-0.4, -0.2) is 90.6 Å². The van der Waals surface area contributed by atoms with Crippen LogP contribution in [0.25, 0.3) is 0 Å². The molecule has 2 amide bonds. The molecule has 1 aromatic carbocycles. The van der Waals surface area contributed by atoms with Gasteiger partial charge in [-0.15, -0.1) is 0 Å². The van der Waals surface area contributed by atoms with Gasteiger partial charge in [0.2, 0.25) is 5.91 Å². The molecule has 8 nitrogen and oxygen atoms in total. The Hall–Kier alpha value is -2.65. The first kappa shape index (κ1) is 25.0. The van der Waals surface area contributed by atoms with Crippen molar-refractivity contribution in [1.29, 1.82) is 0 Å². The Morgan fingerprint density at radius 1 is 0.972 bits per heavy atom. The summed E-state index contributed by atoms with van der Waals surface area (Å²) in [6, 6.07) is 5.76. The molecule has 0 radical (unpaired) electrons. The van der Waals surface area contributed by atoms with Gasteiger partial charge in [-0.2, -0.15) is 5.10 Å². The smallest absolute Gasteiger partial charge is 0.255 e. The molecule has 3 aliphatic heterocycles. The average molecular weight is 499 g/mol. The van der Waals surface area contributed by atoms with E-state index in [0.29, 0.717) is 45.0 Å². The number of hydrogen-bond acceptors (Lipinski definition) is 6. The number of carbonyl (C=O) groups is 3. The first-order valence-electron chi connectivity index (χ1n) is 13.3. The van der Waals surface area contributed by atoms with Crippen LogP contribution in [0.4, 0.5) is 4.39 Å². The van der Waals surface area contributed by atoms with E-state index in [2.05, 4.69) is 4.90 Å². The summed E-state index contributed by atoms with van der Waals surface area (Å²) >= 11 is 0. The van der Waals surface area contributed by atoms with Crippen LogP contribution >= 0.6 is 0 Å². The van der Waals surface area contributed by atoms with Crippen molar-refractivity contribution in [3.05, 3.63) is 35.6 Å². The lowest BCUT2D eigenvalue weighted by molar-refractivity contribution is -0.152. The Labute approximate surface area is 211 Å². The van der Waals surface area contributed by atoms with Gasteiger partial charge < -0.3 is 14.5 Å². The van der Waals surface area contributed by atoms with E-state index in [9.17, 15) is 18.8 Å². The van der Waals surface area contributed by atoms with Crippen LogP contribution in [0.1, 0.15) is 48.9 Å². The maximum atomic E-state index is 13.5. The molecule has 1 aromatic rings. The lowest BCUT2D eigenvalue weighted by Crippen LogP contribution is -2.55. The molecule has 5 rings (SSSR count). The highest BCUT2D eigenvalue weighted by Gasteiger charge is 2.46. The summed E-state index contributed by atoms with van der Waals surface area (Å²) in [7, 11) is 0. The fourth-order valence-electron chi connectivity index (χ4n) is 5.97. The van der Waals surface area contributed by atoms with Crippen molar-refractivity contribution < 1.29 is 23.5 Å². The van der Waals surface area contributed by atoms with Gasteiger partial charge in [0.05, 0.1) is 19.8 Å². The summed E-state index contributed by atoms with van der Waals surface area (Å²) in [5.74, 6) is -1.34. The molecule has 2 saturated heterocycles. The quantitative estimate of drug-likeness (QED) is 0.445. The van der Waals surface area contributed by atoms with Crippen LogP contribution in [0.3, 0.4) is 0 Å². The number of ether oxygens (including phenoxy) is 1. The summed E-state index contributed by atoms with van der Waals surface area (Å²) in [5, 5.41) is 6.27. The minimum atomic E-state index is -0.671. The van der Waals surface area contributed by atoms with Gasteiger partial charge in [0, 0.05) is 42.7 Å². The van der Waals surface area contributed by atoms with E-state index in [1.165, 1.54) is 17.1 Å². The van der Waals surface area contributed by atoms with E-state index in [-0.39, 0.29) is 35.3 Å². The van der Waals surface area contributed by atoms with E-state index in [4.69, 9.17) is 9.84 Å². The third-order valence-electron chi connectivity index (χ3n) is 8.10. The topological polar surface area (TPSA) is 82.5 Å². The second kappa shape index (κ2) is 11.2. The lowest BCUT2D eigenvalue weighted by atomic mass is 9.76. The van der Waals surface area contributed by atoms with Gasteiger partial charge in [-0.05, 0) is 69.5 Å². The second-order valence-electron chi connectivity index (χ2n) is 10.3. The van der Waals surface area contributed by atoms with Crippen molar-refractivity contribution in [3.63, 3.8) is 0 Å². The molecule has 2 atom stereocenters. The summed E-state index contributed by atoms with van der Waals surface area (Å²) in [6.07, 6.45) is 5.23. The highest BCUT2D eigenvalue weighted by atomic mass is 19.1. The molecule has 2 unspecified atom stereocenters. The molecule has 3 heterocycles. The van der Waals surface area contributed by atoms with Crippen molar-refractivity contribution in [2.45, 2.75) is 38.5 Å². The Kier molecular flexibility index (Phi) is 7.76. The number of hydrazone groups is 1. The summed E-state index contributed by atoms with van der Waals surface area (Å²) < 4.78 is 18.6. The number of nitrogens with zero attached hydrogens (tertiary/aromatic N) is 4. The molecule has 9 heteroatoms. The Morgan fingerprint density at radius 3 is 2.42 bits per heavy atom. The van der Waals surface area contributed by atoms with Gasteiger partial charge in [0.15, 0.2) is 5.78 Å². The number of fused-ring (bicyclic) bond motifs is 1. The summed E-state index contributed by atoms with van der Waals surface area (Å²) in [5.41, 5.74) is 1.55. The largest absolute Gasteiger partial charge is 0.378 e. The number of likely N-dealkylation sites (tertiary alicyclic amines) is 1. The fourth-order valence-corrected chi connectivity index (χ4v) is 5.97. The first-order chi connectivity index (χ1) is 17.5. The van der Waals surface area contributed by atoms with Crippen molar-refractivity contribution in [2.75, 3.05) is 52.5 Å². The predicted octanol–water partition coefficient (Wildman–Crippen LogP) is 2.58. The highest BCUT2D eigenvalue weighted by Crippen LogP contribution is 2.34. The number of halogens is 1. The molecular formula is C27H35FN4O4. The maximum absolute atomic E-state index is 13.5. The summed E-state index contributed by atoms with van der Waals surface area (Å²) in [6.45, 7) is 4.72. The van der Waals surface area contributed by atoms with Gasteiger partial charge in [0.25, 0.3) is 5.91 Å². The number of carbonyl (C=O) groups excluding carboxylic acids is 3. The van der Waals surface area contributed by atoms with Crippen LogP contribution in [0, 0.1) is 23.6 Å². The van der Waals surface area contributed by atoms with Gasteiger partial charge in [-0.3, -0.25) is 14.4 Å². The number of rotatable bonds is 6. The minimum Gasteiger partial charge on any atom is -0.378 e. The number of Topliss-reactive ketones (excluding diaryl/α,β-unsaturated/α-hetero) is 1. The average Bonchev–Trinajstić information content (AvgIpc) is 2.92. The number of piperidine rings is 1. The van der Waals surface area contributed by atoms with Crippen LogP contribution < -0.4 is 0 Å². The summed E-state index contributed by atoms with van der Waals surface area (Å²) in [4.78, 5) is 43.7. The number of benzene rings is 1. The van der Waals surface area contributed by atoms with E-state index >= 15 is 0 Å². The molecule has 36 heavy (non-hydrogen) atoms. The van der Waals surface area contributed by atoms with Crippen molar-refractivity contribution in [3.8, 4) is 0 Å². The molecule has 0 N–H and O–H groups in total. The molecule has 1 saturated carbocycles. The van der Waals surface area contributed by atoms with Gasteiger partial charge in [-0.1, -0.05) is 6.42 Å². The molecule has 4 aliphatic rings. The zero-order valence-corrected chi connectivity index (χ0v) is 20.7. The molecule has 0 spiro atoms. The van der Waals surface area contributed by atoms with E-state index in [1.54, 1.807) is 17.0 Å². The van der Waals surface area contributed by atoms with Gasteiger partial charge >= 0.3 is 0 Å². The van der Waals surface area contributed by atoms with Gasteiger partial charge in [0.1, 0.15) is 11.7 Å². The molecule has 194 valence electrons. The molecule has 0 aromatic heterocycles. The van der Waals surface area contributed by atoms with Gasteiger partial charge in [-0.25, -0.2) is 9.40 Å². The third-order valence-corrected chi connectivity index (χ3v) is 8.10. The van der Waals surface area contributed by atoms with E-state index in [0.717, 1.165) is 57.3 Å². The van der Waals surface area contributed by atoms with Crippen LogP contribution in [0.5, 0.6) is 0 Å². The number of ketones is 1. The SMILES string of the molecule is O=C(c1ccc(F)cc1)C1CCN(CCN2N=C3CCCCC3C(C(=O)N3CCOCC3)C2=O)CC1. The zero-order valence-electron chi connectivity index (χ0n) is 20.7. The monoisotopic (exact) mass is 498 g/mol. The molecule has 0 bridgehead atoms. The standard InChI is InChI=1S/C27H35FN4O4/c28-21-7-5-19(6-8-21)25(33)20-9-11-30(12-10-20)13-14-32-27(35)24(22-3-1-2-4-23(22)29-32)26(34)31-15-17-36-18-16-31/h5-8,20,22,24H,1-4,9-18H2. The lowest BCUT2D eigenvalue weighted by Gasteiger charge is -2.40. The molecule has 1 aliphatic carbocycles. The number of amides is 2. The van der Waals surface area contributed by atoms with Crippen LogP contribution in [0.2, 0.25) is 0 Å². The maximum Gasteiger partial charge on any atom is 0.255 e. The van der Waals surface area contributed by atoms with Crippen molar-refractivity contribution in [2.24, 2.45) is 22.9 Å². The Morgan fingerprint density at radius 2 is 1.69 bits per heavy atom. The molecular weight excluding hydrogens is 463 g/mol. The minimum absolute atomic E-state index is 0.0675. The third kappa shape index (κ3) is 5.37. The van der Waals surface area contributed by atoms with E-state index < -0.39 is 5.92 Å². The van der Waals surface area contributed by atoms with Crippen LogP contribution in [-0.2, 0) is 14.3 Å². The Bertz CT molecular complexity index is 1000. The van der Waals surface area contributed by atoms with E-state index in [1.807, 2.05) is 0 Å². The first-order valence-corrected chi connectivity index (χ1v) is 13.3. The Balaban J connectivity index is 1.18. The van der Waals surface area contributed by atoms with Crippen molar-refractivity contribution in [1.82, 2.24) is 14.8 Å². The van der Waals surface area contributed by atoms with Crippen molar-refractivity contribution >= 4 is 23.3 Å². The number of hydrogen-bond donors (Lipinski definition) is 0. The highest BCUT2D eigenvalue weighted by molar-refractivity contribution is 6.08. The predicted molar refractivity (Wildman–Crippen MR) is 132 cm³/mol. The normalized spacial score (nSPS) is 25.9.